The zero-order valence-corrected chi connectivity index (χ0v) is 15.8. The van der Waals surface area contributed by atoms with Crippen LogP contribution in [0.4, 0.5) is 5.69 Å². The van der Waals surface area contributed by atoms with Crippen molar-refractivity contribution in [1.29, 1.82) is 0 Å². The third-order valence-corrected chi connectivity index (χ3v) is 5.20. The van der Waals surface area contributed by atoms with Gasteiger partial charge in [0.05, 0.1) is 23.8 Å². The first-order valence-corrected chi connectivity index (χ1v) is 9.25. The Morgan fingerprint density at radius 3 is 2.52 bits per heavy atom. The standard InChI is InChI=1S/C21H24N4O2/c1-16-22-17-7-3-4-8-18(17)25(16)15-21(26)24-13-11-23(12-14-24)19-9-5-6-10-20(19)27-2/h3-10H,11-15H2,1-2H3. The third-order valence-electron chi connectivity index (χ3n) is 5.20. The molecule has 6 heteroatoms. The second-order valence-corrected chi connectivity index (χ2v) is 6.77. The number of amides is 1. The van der Waals surface area contributed by atoms with Crippen molar-refractivity contribution < 1.29 is 9.53 Å². The van der Waals surface area contributed by atoms with E-state index in [1.807, 2.05) is 58.9 Å². The van der Waals surface area contributed by atoms with E-state index >= 15 is 0 Å². The van der Waals surface area contributed by atoms with Crippen LogP contribution in [0.1, 0.15) is 5.82 Å². The predicted molar refractivity (Wildman–Crippen MR) is 106 cm³/mol. The molecular weight excluding hydrogens is 340 g/mol. The monoisotopic (exact) mass is 364 g/mol. The molecule has 3 aromatic rings. The summed E-state index contributed by atoms with van der Waals surface area (Å²) >= 11 is 0. The lowest BCUT2D eigenvalue weighted by Gasteiger charge is -2.36. The molecular formula is C21H24N4O2. The average Bonchev–Trinajstić information content (AvgIpc) is 3.03. The number of piperazine rings is 1. The normalized spacial score (nSPS) is 14.6. The molecule has 140 valence electrons. The van der Waals surface area contributed by atoms with Crippen molar-refractivity contribution in [2.24, 2.45) is 0 Å². The molecule has 27 heavy (non-hydrogen) atoms. The molecule has 0 N–H and O–H groups in total. The number of benzene rings is 2. The number of ether oxygens (including phenoxy) is 1. The Bertz CT molecular complexity index is 958. The van der Waals surface area contributed by atoms with Crippen LogP contribution in [0.5, 0.6) is 5.75 Å². The first-order chi connectivity index (χ1) is 13.2. The van der Waals surface area contributed by atoms with Gasteiger partial charge in [-0.3, -0.25) is 4.79 Å². The topological polar surface area (TPSA) is 50.6 Å². The molecule has 1 amide bonds. The van der Waals surface area contributed by atoms with E-state index in [4.69, 9.17) is 4.74 Å². The molecule has 0 aliphatic carbocycles. The fourth-order valence-corrected chi connectivity index (χ4v) is 3.72. The van der Waals surface area contributed by atoms with Crippen LogP contribution >= 0.6 is 0 Å². The van der Waals surface area contributed by atoms with E-state index < -0.39 is 0 Å². The van der Waals surface area contributed by atoms with Crippen molar-refractivity contribution in [2.75, 3.05) is 38.2 Å². The number of fused-ring (bicyclic) bond motifs is 1. The van der Waals surface area contributed by atoms with Crippen molar-refractivity contribution in [3.05, 3.63) is 54.4 Å². The highest BCUT2D eigenvalue weighted by Crippen LogP contribution is 2.28. The smallest absolute Gasteiger partial charge is 0.242 e. The largest absolute Gasteiger partial charge is 0.495 e. The summed E-state index contributed by atoms with van der Waals surface area (Å²) in [7, 11) is 1.69. The minimum atomic E-state index is 0.140. The highest BCUT2D eigenvalue weighted by Gasteiger charge is 2.23. The average molecular weight is 364 g/mol. The van der Waals surface area contributed by atoms with Crippen molar-refractivity contribution in [1.82, 2.24) is 14.5 Å². The van der Waals surface area contributed by atoms with Gasteiger partial charge < -0.3 is 19.1 Å². The molecule has 0 radical (unpaired) electrons. The van der Waals surface area contributed by atoms with Gasteiger partial charge in [0.15, 0.2) is 0 Å². The Morgan fingerprint density at radius 2 is 1.74 bits per heavy atom. The summed E-state index contributed by atoms with van der Waals surface area (Å²) in [6.45, 7) is 5.31. The number of nitrogens with zero attached hydrogens (tertiary/aromatic N) is 4. The number of carbonyl (C=O) groups excluding carboxylic acids is 1. The molecule has 1 aliphatic rings. The van der Waals surface area contributed by atoms with Gasteiger partial charge >= 0.3 is 0 Å². The Labute approximate surface area is 159 Å². The number of aromatic nitrogens is 2. The van der Waals surface area contributed by atoms with Crippen LogP contribution < -0.4 is 9.64 Å². The van der Waals surface area contributed by atoms with Crippen LogP contribution in [0.15, 0.2) is 48.5 Å². The number of para-hydroxylation sites is 4. The summed E-state index contributed by atoms with van der Waals surface area (Å²) in [4.78, 5) is 21.6. The first-order valence-electron chi connectivity index (χ1n) is 9.25. The number of aryl methyl sites for hydroxylation is 1. The second kappa shape index (κ2) is 7.31. The van der Waals surface area contributed by atoms with E-state index in [0.717, 1.165) is 41.4 Å². The zero-order valence-electron chi connectivity index (χ0n) is 15.8. The number of anilines is 1. The van der Waals surface area contributed by atoms with Gasteiger partial charge in [-0.25, -0.2) is 4.98 Å². The van der Waals surface area contributed by atoms with Gasteiger partial charge in [-0.05, 0) is 31.2 Å². The van der Waals surface area contributed by atoms with E-state index in [2.05, 4.69) is 16.0 Å². The Kier molecular flexibility index (Phi) is 4.71. The van der Waals surface area contributed by atoms with Gasteiger partial charge in [-0.2, -0.15) is 0 Å². The van der Waals surface area contributed by atoms with Gasteiger partial charge in [0, 0.05) is 26.2 Å². The van der Waals surface area contributed by atoms with Crippen molar-refractivity contribution in [3.8, 4) is 5.75 Å². The Hall–Kier alpha value is -3.02. The minimum Gasteiger partial charge on any atom is -0.495 e. The van der Waals surface area contributed by atoms with Crippen LogP contribution in [-0.2, 0) is 11.3 Å². The number of methoxy groups -OCH3 is 1. The van der Waals surface area contributed by atoms with Crippen LogP contribution in [0.25, 0.3) is 11.0 Å². The highest BCUT2D eigenvalue weighted by atomic mass is 16.5. The van der Waals surface area contributed by atoms with Crippen molar-refractivity contribution >= 4 is 22.6 Å². The highest BCUT2D eigenvalue weighted by molar-refractivity contribution is 5.81. The summed E-state index contributed by atoms with van der Waals surface area (Å²) < 4.78 is 7.47. The van der Waals surface area contributed by atoms with Crippen LogP contribution in [0.2, 0.25) is 0 Å². The van der Waals surface area contributed by atoms with Crippen LogP contribution in [0.3, 0.4) is 0 Å². The summed E-state index contributed by atoms with van der Waals surface area (Å²) in [6.07, 6.45) is 0. The van der Waals surface area contributed by atoms with E-state index in [1.54, 1.807) is 7.11 Å². The predicted octanol–water partition coefficient (Wildman–Crippen LogP) is 2.70. The van der Waals surface area contributed by atoms with Crippen LogP contribution in [-0.4, -0.2) is 53.6 Å². The molecule has 0 atom stereocenters. The number of hydrogen-bond acceptors (Lipinski definition) is 4. The lowest BCUT2D eigenvalue weighted by atomic mass is 10.2. The molecule has 6 nitrogen and oxygen atoms in total. The fourth-order valence-electron chi connectivity index (χ4n) is 3.72. The van der Waals surface area contributed by atoms with Gasteiger partial charge in [-0.1, -0.05) is 24.3 Å². The first kappa shape index (κ1) is 17.4. The Morgan fingerprint density at radius 1 is 1.04 bits per heavy atom. The van der Waals surface area contributed by atoms with E-state index in [1.165, 1.54) is 0 Å². The lowest BCUT2D eigenvalue weighted by molar-refractivity contribution is -0.132. The van der Waals surface area contributed by atoms with E-state index in [0.29, 0.717) is 19.6 Å². The van der Waals surface area contributed by atoms with Gasteiger partial charge in [0.25, 0.3) is 0 Å². The zero-order chi connectivity index (χ0) is 18.8. The number of carbonyl (C=O) groups is 1. The number of hydrogen-bond donors (Lipinski definition) is 0. The van der Waals surface area contributed by atoms with Crippen LogP contribution in [0, 0.1) is 6.92 Å². The molecule has 2 heterocycles. The maximum atomic E-state index is 12.9. The number of imidazole rings is 1. The van der Waals surface area contributed by atoms with Gasteiger partial charge in [-0.15, -0.1) is 0 Å². The molecule has 0 spiro atoms. The molecule has 0 unspecified atom stereocenters. The third kappa shape index (κ3) is 3.35. The molecule has 2 aromatic carbocycles. The van der Waals surface area contributed by atoms with Crippen molar-refractivity contribution in [3.63, 3.8) is 0 Å². The molecule has 0 saturated carbocycles. The maximum Gasteiger partial charge on any atom is 0.242 e. The Balaban J connectivity index is 1.44. The second-order valence-electron chi connectivity index (χ2n) is 6.77. The molecule has 4 rings (SSSR count). The lowest BCUT2D eigenvalue weighted by Crippen LogP contribution is -2.49. The molecule has 1 aromatic heterocycles. The van der Waals surface area contributed by atoms with Crippen molar-refractivity contribution in [2.45, 2.75) is 13.5 Å². The molecule has 1 aliphatic heterocycles. The van der Waals surface area contributed by atoms with Gasteiger partial charge in [0.2, 0.25) is 5.91 Å². The van der Waals surface area contributed by atoms with Gasteiger partial charge in [0.1, 0.15) is 18.1 Å². The summed E-state index contributed by atoms with van der Waals surface area (Å²) in [5, 5.41) is 0. The molecule has 0 bridgehead atoms. The molecule has 1 saturated heterocycles. The quantitative estimate of drug-likeness (QED) is 0.714. The van der Waals surface area contributed by atoms with E-state index in [9.17, 15) is 4.79 Å². The summed E-state index contributed by atoms with van der Waals surface area (Å²) in [5.74, 6) is 1.89. The minimum absolute atomic E-state index is 0.140. The molecule has 1 fully saturated rings. The summed E-state index contributed by atoms with van der Waals surface area (Å²) in [6, 6.07) is 16.0. The number of rotatable bonds is 4. The van der Waals surface area contributed by atoms with E-state index in [-0.39, 0.29) is 5.91 Å². The maximum absolute atomic E-state index is 12.9. The summed E-state index contributed by atoms with van der Waals surface area (Å²) in [5.41, 5.74) is 3.03. The fraction of sp³-hybridized carbons (Fsp3) is 0.333. The SMILES string of the molecule is COc1ccccc1N1CCN(C(=O)Cn2c(C)nc3ccccc32)CC1.